The molecule has 1 aromatic heterocycles. The van der Waals surface area contributed by atoms with Crippen LogP contribution in [0.3, 0.4) is 0 Å². The van der Waals surface area contributed by atoms with Crippen molar-refractivity contribution in [3.63, 3.8) is 0 Å². The van der Waals surface area contributed by atoms with Gasteiger partial charge in [-0.2, -0.15) is 4.98 Å². The topological polar surface area (TPSA) is 42.2 Å². The van der Waals surface area contributed by atoms with Crippen LogP contribution in [0.5, 0.6) is 0 Å². The normalized spacial score (nSPS) is 17.6. The van der Waals surface area contributed by atoms with Crippen molar-refractivity contribution in [1.29, 1.82) is 0 Å². The molecule has 4 rings (SSSR count). The van der Waals surface area contributed by atoms with E-state index in [4.69, 9.17) is 4.52 Å². The predicted octanol–water partition coefficient (Wildman–Crippen LogP) is 4.34. The van der Waals surface area contributed by atoms with E-state index >= 15 is 0 Å². The Kier molecular flexibility index (Phi) is 4.36. The van der Waals surface area contributed by atoms with Gasteiger partial charge >= 0.3 is 0 Å². The van der Waals surface area contributed by atoms with E-state index in [1.54, 1.807) is 0 Å². The van der Waals surface area contributed by atoms with Gasteiger partial charge in [-0.3, -0.25) is 4.90 Å². The molecule has 1 aliphatic rings. The molecular formula is C21H23N3O. The van der Waals surface area contributed by atoms with E-state index in [1.807, 2.05) is 0 Å². The average Bonchev–Trinajstić information content (AvgIpc) is 3.10. The standard InChI is InChI=1S/C21H23N3O/c1-15(2)21-22-20(25-23-21)14-24-12-17-10-6-7-11-18(17)19(13-24)16-8-4-3-5-9-16/h3-11,15,19H,12-14H2,1-2H3. The van der Waals surface area contributed by atoms with Crippen molar-refractivity contribution >= 4 is 0 Å². The zero-order valence-electron chi connectivity index (χ0n) is 14.7. The van der Waals surface area contributed by atoms with Gasteiger partial charge in [0.05, 0.1) is 6.54 Å². The fourth-order valence-electron chi connectivity index (χ4n) is 3.53. The highest BCUT2D eigenvalue weighted by Crippen LogP contribution is 2.33. The highest BCUT2D eigenvalue weighted by Gasteiger charge is 2.27. The maximum absolute atomic E-state index is 5.45. The lowest BCUT2D eigenvalue weighted by Crippen LogP contribution is -2.33. The fraction of sp³-hybridized carbons (Fsp3) is 0.333. The lowest BCUT2D eigenvalue weighted by Gasteiger charge is -2.34. The Morgan fingerprint density at radius 1 is 1.08 bits per heavy atom. The van der Waals surface area contributed by atoms with Crippen molar-refractivity contribution in [3.8, 4) is 0 Å². The van der Waals surface area contributed by atoms with Gasteiger partial charge in [0.1, 0.15) is 0 Å². The average molecular weight is 333 g/mol. The van der Waals surface area contributed by atoms with Crippen molar-refractivity contribution in [3.05, 3.63) is 83.0 Å². The van der Waals surface area contributed by atoms with Gasteiger partial charge in [-0.25, -0.2) is 0 Å². The number of fused-ring (bicyclic) bond motifs is 1. The summed E-state index contributed by atoms with van der Waals surface area (Å²) >= 11 is 0. The number of aromatic nitrogens is 2. The molecule has 0 aliphatic carbocycles. The molecule has 0 bridgehead atoms. The third kappa shape index (κ3) is 3.35. The van der Waals surface area contributed by atoms with E-state index in [2.05, 4.69) is 83.5 Å². The lowest BCUT2D eigenvalue weighted by molar-refractivity contribution is 0.200. The van der Waals surface area contributed by atoms with Crippen molar-refractivity contribution < 1.29 is 4.52 Å². The molecule has 128 valence electrons. The molecule has 4 nitrogen and oxygen atoms in total. The molecule has 0 amide bonds. The van der Waals surface area contributed by atoms with Crippen LogP contribution in [0.2, 0.25) is 0 Å². The summed E-state index contributed by atoms with van der Waals surface area (Å²) in [6, 6.07) is 19.5. The van der Waals surface area contributed by atoms with Crippen molar-refractivity contribution in [1.82, 2.24) is 15.0 Å². The molecular weight excluding hydrogens is 310 g/mol. The monoisotopic (exact) mass is 333 g/mol. The van der Waals surface area contributed by atoms with Crippen molar-refractivity contribution in [2.75, 3.05) is 6.54 Å². The number of rotatable bonds is 4. The van der Waals surface area contributed by atoms with E-state index in [-0.39, 0.29) is 5.92 Å². The van der Waals surface area contributed by atoms with Crippen LogP contribution < -0.4 is 0 Å². The number of hydrogen-bond donors (Lipinski definition) is 0. The van der Waals surface area contributed by atoms with E-state index < -0.39 is 0 Å². The highest BCUT2D eigenvalue weighted by molar-refractivity contribution is 5.40. The third-order valence-electron chi connectivity index (χ3n) is 4.83. The fourth-order valence-corrected chi connectivity index (χ4v) is 3.53. The largest absolute Gasteiger partial charge is 0.338 e. The summed E-state index contributed by atoms with van der Waals surface area (Å²) in [5, 5.41) is 4.09. The smallest absolute Gasteiger partial charge is 0.240 e. The Bertz CT molecular complexity index is 841. The maximum Gasteiger partial charge on any atom is 0.240 e. The Balaban J connectivity index is 1.61. The number of hydrogen-bond acceptors (Lipinski definition) is 4. The van der Waals surface area contributed by atoms with E-state index in [0.717, 1.165) is 18.9 Å². The second-order valence-electron chi connectivity index (χ2n) is 7.03. The van der Waals surface area contributed by atoms with Crippen LogP contribution in [-0.2, 0) is 13.1 Å². The van der Waals surface area contributed by atoms with Crippen molar-refractivity contribution in [2.45, 2.75) is 38.8 Å². The molecule has 3 aromatic rings. The summed E-state index contributed by atoms with van der Waals surface area (Å²) in [7, 11) is 0. The Morgan fingerprint density at radius 3 is 2.60 bits per heavy atom. The van der Waals surface area contributed by atoms with Gasteiger partial charge in [-0.1, -0.05) is 73.6 Å². The molecule has 0 radical (unpaired) electrons. The van der Waals surface area contributed by atoms with E-state index in [1.165, 1.54) is 16.7 Å². The van der Waals surface area contributed by atoms with Gasteiger partial charge < -0.3 is 4.52 Å². The Labute approximate surface area is 148 Å². The Morgan fingerprint density at radius 2 is 1.84 bits per heavy atom. The Hall–Kier alpha value is -2.46. The molecule has 0 spiro atoms. The van der Waals surface area contributed by atoms with Gasteiger partial charge in [0, 0.05) is 24.9 Å². The molecule has 25 heavy (non-hydrogen) atoms. The van der Waals surface area contributed by atoms with Gasteiger partial charge in [-0.05, 0) is 16.7 Å². The predicted molar refractivity (Wildman–Crippen MR) is 97.2 cm³/mol. The second kappa shape index (κ2) is 6.81. The molecule has 2 aromatic carbocycles. The SMILES string of the molecule is CC(C)c1noc(CN2Cc3ccccc3C(c3ccccc3)C2)n1. The zero-order chi connectivity index (χ0) is 17.2. The van der Waals surface area contributed by atoms with Crippen LogP contribution in [0.4, 0.5) is 0 Å². The first-order valence-corrected chi connectivity index (χ1v) is 8.88. The molecule has 4 heteroatoms. The van der Waals surface area contributed by atoms with Crippen LogP contribution in [0, 0.1) is 0 Å². The molecule has 2 heterocycles. The second-order valence-corrected chi connectivity index (χ2v) is 7.03. The highest BCUT2D eigenvalue weighted by atomic mass is 16.5. The van der Waals surface area contributed by atoms with Crippen LogP contribution in [0.15, 0.2) is 59.1 Å². The van der Waals surface area contributed by atoms with Crippen molar-refractivity contribution in [2.24, 2.45) is 0 Å². The summed E-state index contributed by atoms with van der Waals surface area (Å²) in [6.07, 6.45) is 0. The number of benzene rings is 2. The summed E-state index contributed by atoms with van der Waals surface area (Å²) in [4.78, 5) is 6.94. The minimum Gasteiger partial charge on any atom is -0.338 e. The third-order valence-corrected chi connectivity index (χ3v) is 4.83. The molecule has 1 unspecified atom stereocenters. The first-order chi connectivity index (χ1) is 12.2. The molecule has 0 fully saturated rings. The summed E-state index contributed by atoms with van der Waals surface area (Å²) in [5.41, 5.74) is 4.16. The van der Waals surface area contributed by atoms with Gasteiger partial charge in [0.15, 0.2) is 5.82 Å². The molecule has 0 saturated carbocycles. The zero-order valence-corrected chi connectivity index (χ0v) is 14.7. The van der Waals surface area contributed by atoms with Crippen LogP contribution in [0.1, 0.15) is 54.1 Å². The van der Waals surface area contributed by atoms with Gasteiger partial charge in [-0.15, -0.1) is 0 Å². The van der Waals surface area contributed by atoms with E-state index in [9.17, 15) is 0 Å². The minimum absolute atomic E-state index is 0.289. The first kappa shape index (κ1) is 16.0. The van der Waals surface area contributed by atoms with E-state index in [0.29, 0.717) is 18.4 Å². The molecule has 0 N–H and O–H groups in total. The van der Waals surface area contributed by atoms with Crippen LogP contribution in [0.25, 0.3) is 0 Å². The first-order valence-electron chi connectivity index (χ1n) is 8.88. The van der Waals surface area contributed by atoms with Gasteiger partial charge in [0.25, 0.3) is 0 Å². The van der Waals surface area contributed by atoms with Crippen LogP contribution >= 0.6 is 0 Å². The lowest BCUT2D eigenvalue weighted by atomic mass is 9.85. The summed E-state index contributed by atoms with van der Waals surface area (Å²) < 4.78 is 5.45. The molecule has 1 aliphatic heterocycles. The number of nitrogens with zero attached hydrogens (tertiary/aromatic N) is 3. The molecule has 1 atom stereocenters. The molecule has 0 saturated heterocycles. The van der Waals surface area contributed by atoms with Crippen LogP contribution in [-0.4, -0.2) is 21.6 Å². The van der Waals surface area contributed by atoms with Gasteiger partial charge in [0.2, 0.25) is 5.89 Å². The summed E-state index contributed by atoms with van der Waals surface area (Å²) in [5.74, 6) is 2.15. The maximum atomic E-state index is 5.45. The quantitative estimate of drug-likeness (QED) is 0.712. The summed E-state index contributed by atoms with van der Waals surface area (Å²) in [6.45, 7) is 6.73. The minimum atomic E-state index is 0.289.